The topological polar surface area (TPSA) is 38.3 Å². The van der Waals surface area contributed by atoms with Crippen molar-refractivity contribution >= 4 is 34.8 Å². The zero-order valence-electron chi connectivity index (χ0n) is 14.1. The van der Waals surface area contributed by atoms with Gasteiger partial charge in [0.25, 0.3) is 5.91 Å². The van der Waals surface area contributed by atoms with Crippen LogP contribution in [-0.2, 0) is 4.79 Å². The Labute approximate surface area is 162 Å². The smallest absolute Gasteiger partial charge is 0.262 e. The van der Waals surface area contributed by atoms with Gasteiger partial charge in [-0.2, -0.15) is 0 Å². The van der Waals surface area contributed by atoms with Crippen molar-refractivity contribution in [1.82, 2.24) is 0 Å². The van der Waals surface area contributed by atoms with Crippen LogP contribution in [0.2, 0.25) is 10.0 Å². The Morgan fingerprint density at radius 2 is 1.69 bits per heavy atom. The molecule has 0 saturated heterocycles. The Balaban J connectivity index is 1.64. The van der Waals surface area contributed by atoms with E-state index in [2.05, 4.69) is 5.32 Å². The summed E-state index contributed by atoms with van der Waals surface area (Å²) < 4.78 is 5.55. The number of carbonyl (C=O) groups excluding carboxylic acids is 1. The van der Waals surface area contributed by atoms with Crippen LogP contribution in [0.3, 0.4) is 0 Å². The average Bonchev–Trinajstić information content (AvgIpc) is 2.65. The van der Waals surface area contributed by atoms with Gasteiger partial charge in [0.1, 0.15) is 5.75 Å². The Kier molecular flexibility index (Phi) is 5.82. The molecule has 0 atom stereocenters. The van der Waals surface area contributed by atoms with Crippen LogP contribution in [0.1, 0.15) is 5.56 Å². The molecule has 0 spiro atoms. The largest absolute Gasteiger partial charge is 0.482 e. The Bertz CT molecular complexity index is 927. The lowest BCUT2D eigenvalue weighted by Gasteiger charge is -2.12. The van der Waals surface area contributed by atoms with Gasteiger partial charge in [0.2, 0.25) is 0 Å². The predicted molar refractivity (Wildman–Crippen MR) is 107 cm³/mol. The van der Waals surface area contributed by atoms with Gasteiger partial charge in [0.15, 0.2) is 6.61 Å². The lowest BCUT2D eigenvalue weighted by Crippen LogP contribution is -2.20. The van der Waals surface area contributed by atoms with Gasteiger partial charge in [-0.3, -0.25) is 4.79 Å². The highest BCUT2D eigenvalue weighted by Crippen LogP contribution is 2.30. The van der Waals surface area contributed by atoms with E-state index in [-0.39, 0.29) is 12.5 Å². The second kappa shape index (κ2) is 8.26. The number of halogens is 2. The molecule has 0 aromatic heterocycles. The summed E-state index contributed by atoms with van der Waals surface area (Å²) in [4.78, 5) is 12.1. The minimum Gasteiger partial charge on any atom is -0.482 e. The monoisotopic (exact) mass is 385 g/mol. The second-order valence-electron chi connectivity index (χ2n) is 5.76. The number of amides is 1. The summed E-state index contributed by atoms with van der Waals surface area (Å²) in [6, 6.07) is 20.8. The SMILES string of the molecule is Cc1c(Cl)cccc1NC(=O)COc1ccc(-c2ccccc2)cc1Cl. The van der Waals surface area contributed by atoms with Crippen LogP contribution < -0.4 is 10.1 Å². The fourth-order valence-corrected chi connectivity index (χ4v) is 2.91. The van der Waals surface area contributed by atoms with Gasteiger partial charge < -0.3 is 10.1 Å². The van der Waals surface area contributed by atoms with Crippen LogP contribution in [0, 0.1) is 6.92 Å². The quantitative estimate of drug-likeness (QED) is 0.585. The summed E-state index contributed by atoms with van der Waals surface area (Å²) in [5.41, 5.74) is 3.53. The fourth-order valence-electron chi connectivity index (χ4n) is 2.50. The summed E-state index contributed by atoms with van der Waals surface area (Å²) >= 11 is 12.4. The van der Waals surface area contributed by atoms with Gasteiger partial charge in [-0.15, -0.1) is 0 Å². The Morgan fingerprint density at radius 1 is 0.923 bits per heavy atom. The van der Waals surface area contributed by atoms with Gasteiger partial charge >= 0.3 is 0 Å². The molecule has 0 radical (unpaired) electrons. The van der Waals surface area contributed by atoms with Gasteiger partial charge in [0, 0.05) is 10.7 Å². The maximum absolute atomic E-state index is 12.1. The highest BCUT2D eigenvalue weighted by Gasteiger charge is 2.10. The number of anilines is 1. The van der Waals surface area contributed by atoms with Crippen molar-refractivity contribution < 1.29 is 9.53 Å². The van der Waals surface area contributed by atoms with Crippen LogP contribution in [0.15, 0.2) is 66.7 Å². The number of hydrogen-bond acceptors (Lipinski definition) is 2. The lowest BCUT2D eigenvalue weighted by molar-refractivity contribution is -0.118. The number of carbonyl (C=O) groups is 1. The first-order valence-corrected chi connectivity index (χ1v) is 8.83. The molecule has 0 saturated carbocycles. The van der Waals surface area contributed by atoms with Gasteiger partial charge in [-0.05, 0) is 47.9 Å². The van der Waals surface area contributed by atoms with E-state index in [0.29, 0.717) is 21.5 Å². The number of hydrogen-bond donors (Lipinski definition) is 1. The zero-order chi connectivity index (χ0) is 18.5. The second-order valence-corrected chi connectivity index (χ2v) is 6.57. The molecule has 0 heterocycles. The van der Waals surface area contributed by atoms with Gasteiger partial charge in [-0.25, -0.2) is 0 Å². The van der Waals surface area contributed by atoms with Crippen LogP contribution in [0.5, 0.6) is 5.75 Å². The molecule has 0 fully saturated rings. The van der Waals surface area contributed by atoms with Crippen LogP contribution in [0.25, 0.3) is 11.1 Å². The lowest BCUT2D eigenvalue weighted by atomic mass is 10.1. The summed E-state index contributed by atoms with van der Waals surface area (Å²) in [6.45, 7) is 1.70. The molecule has 1 amide bonds. The summed E-state index contributed by atoms with van der Waals surface area (Å²) in [6.07, 6.45) is 0. The molecule has 3 aromatic rings. The van der Waals surface area contributed by atoms with E-state index in [9.17, 15) is 4.79 Å². The third-order valence-corrected chi connectivity index (χ3v) is 4.64. The summed E-state index contributed by atoms with van der Waals surface area (Å²) in [7, 11) is 0. The van der Waals surface area contributed by atoms with Crippen LogP contribution >= 0.6 is 23.2 Å². The van der Waals surface area contributed by atoms with Crippen molar-refractivity contribution in [1.29, 1.82) is 0 Å². The maximum Gasteiger partial charge on any atom is 0.262 e. The van der Waals surface area contributed by atoms with E-state index >= 15 is 0 Å². The maximum atomic E-state index is 12.1. The number of benzene rings is 3. The van der Waals surface area contributed by atoms with Gasteiger partial charge in [0.05, 0.1) is 5.02 Å². The molecular formula is C21H17Cl2NO2. The van der Waals surface area contributed by atoms with E-state index in [1.807, 2.05) is 49.4 Å². The first-order chi connectivity index (χ1) is 12.5. The van der Waals surface area contributed by atoms with Crippen molar-refractivity contribution in [3.8, 4) is 16.9 Å². The van der Waals surface area contributed by atoms with Crippen molar-refractivity contribution in [2.75, 3.05) is 11.9 Å². The van der Waals surface area contributed by atoms with E-state index in [1.165, 1.54) is 0 Å². The van der Waals surface area contributed by atoms with E-state index < -0.39 is 0 Å². The Morgan fingerprint density at radius 3 is 2.42 bits per heavy atom. The van der Waals surface area contributed by atoms with E-state index in [1.54, 1.807) is 24.3 Å². The standard InChI is InChI=1S/C21H17Cl2NO2/c1-14-17(22)8-5-9-19(14)24-21(25)13-26-20-11-10-16(12-18(20)23)15-6-3-2-4-7-15/h2-12H,13H2,1H3,(H,24,25). The zero-order valence-corrected chi connectivity index (χ0v) is 15.6. The van der Waals surface area contributed by atoms with Crippen molar-refractivity contribution in [3.63, 3.8) is 0 Å². The Hall–Kier alpha value is -2.49. The molecule has 1 N–H and O–H groups in total. The average molecular weight is 386 g/mol. The molecule has 3 aromatic carbocycles. The predicted octanol–water partition coefficient (Wildman–Crippen LogP) is 5.99. The molecule has 0 aliphatic heterocycles. The first-order valence-electron chi connectivity index (χ1n) is 8.07. The van der Waals surface area contributed by atoms with Crippen LogP contribution in [0.4, 0.5) is 5.69 Å². The molecule has 0 unspecified atom stereocenters. The molecular weight excluding hydrogens is 369 g/mol. The van der Waals surface area contributed by atoms with Gasteiger partial charge in [-0.1, -0.05) is 65.7 Å². The van der Waals surface area contributed by atoms with Crippen molar-refractivity contribution in [2.24, 2.45) is 0 Å². The molecule has 5 heteroatoms. The number of nitrogens with one attached hydrogen (secondary N) is 1. The molecule has 0 aliphatic rings. The normalized spacial score (nSPS) is 10.4. The summed E-state index contributed by atoms with van der Waals surface area (Å²) in [5.74, 6) is 0.183. The molecule has 3 nitrogen and oxygen atoms in total. The molecule has 26 heavy (non-hydrogen) atoms. The first kappa shape index (κ1) is 18.3. The van der Waals surface area contributed by atoms with E-state index in [0.717, 1.165) is 16.7 Å². The number of ether oxygens (including phenoxy) is 1. The fraction of sp³-hybridized carbons (Fsp3) is 0.0952. The molecule has 132 valence electrons. The molecule has 3 rings (SSSR count). The van der Waals surface area contributed by atoms with Crippen LogP contribution in [-0.4, -0.2) is 12.5 Å². The minimum atomic E-state index is -0.279. The van der Waals surface area contributed by atoms with E-state index in [4.69, 9.17) is 27.9 Å². The highest BCUT2D eigenvalue weighted by atomic mass is 35.5. The van der Waals surface area contributed by atoms with Crippen molar-refractivity contribution in [2.45, 2.75) is 6.92 Å². The van der Waals surface area contributed by atoms with Crippen molar-refractivity contribution in [3.05, 3.63) is 82.3 Å². The minimum absolute atomic E-state index is 0.143. The molecule has 0 bridgehead atoms. The third kappa shape index (κ3) is 4.37. The highest BCUT2D eigenvalue weighted by molar-refractivity contribution is 6.32. The summed E-state index contributed by atoms with van der Waals surface area (Å²) in [5, 5.41) is 3.84. The number of rotatable bonds is 5. The third-order valence-electron chi connectivity index (χ3n) is 3.94. The molecule has 0 aliphatic carbocycles.